The van der Waals surface area contributed by atoms with Gasteiger partial charge in [0.15, 0.2) is 11.9 Å². The van der Waals surface area contributed by atoms with E-state index in [9.17, 15) is 4.79 Å². The van der Waals surface area contributed by atoms with E-state index in [1.54, 1.807) is 19.3 Å². The van der Waals surface area contributed by atoms with Gasteiger partial charge in [-0.2, -0.15) is 0 Å². The molecule has 98 valence electrons. The van der Waals surface area contributed by atoms with Crippen LogP contribution in [0.25, 0.3) is 0 Å². The van der Waals surface area contributed by atoms with Crippen molar-refractivity contribution >= 4 is 11.9 Å². The number of rotatable bonds is 4. The largest absolute Gasteiger partial charge is 0.478 e. The van der Waals surface area contributed by atoms with Crippen LogP contribution >= 0.6 is 0 Å². The smallest absolute Gasteiger partial charge is 0.258 e. The summed E-state index contributed by atoms with van der Waals surface area (Å²) in [7, 11) is 0. The molecular formula is C11H17N5O2. The third kappa shape index (κ3) is 3.07. The summed E-state index contributed by atoms with van der Waals surface area (Å²) in [6.45, 7) is 5.23. The van der Waals surface area contributed by atoms with Crippen molar-refractivity contribution in [3.63, 3.8) is 0 Å². The van der Waals surface area contributed by atoms with E-state index in [1.165, 1.54) is 0 Å². The molecule has 2 rings (SSSR count). The van der Waals surface area contributed by atoms with E-state index in [0.717, 1.165) is 26.2 Å². The van der Waals surface area contributed by atoms with Crippen molar-refractivity contribution in [1.82, 2.24) is 15.3 Å². The molecule has 1 aromatic rings. The summed E-state index contributed by atoms with van der Waals surface area (Å²) in [5, 5.41) is 3.26. The van der Waals surface area contributed by atoms with Gasteiger partial charge in [-0.25, -0.2) is 9.97 Å². The number of piperazine rings is 1. The molecule has 1 amide bonds. The Hall–Kier alpha value is -1.89. The molecule has 1 fully saturated rings. The van der Waals surface area contributed by atoms with Crippen molar-refractivity contribution in [2.45, 2.75) is 13.0 Å². The fourth-order valence-electron chi connectivity index (χ4n) is 1.66. The van der Waals surface area contributed by atoms with Gasteiger partial charge >= 0.3 is 0 Å². The highest BCUT2D eigenvalue weighted by Gasteiger charge is 2.14. The third-order valence-corrected chi connectivity index (χ3v) is 2.73. The standard InChI is InChI=1S/C11H17N5O2/c1-8(10(12)17)18-9-6-14-11(15-7-9)16-4-2-13-3-5-16/h6-8,13H,2-5H2,1H3,(H2,12,17). The molecule has 3 N–H and O–H groups in total. The lowest BCUT2D eigenvalue weighted by Gasteiger charge is -2.27. The van der Waals surface area contributed by atoms with Crippen LogP contribution in [0.4, 0.5) is 5.95 Å². The van der Waals surface area contributed by atoms with E-state index < -0.39 is 12.0 Å². The second-order valence-corrected chi connectivity index (χ2v) is 4.12. The number of hydrogen-bond donors (Lipinski definition) is 2. The van der Waals surface area contributed by atoms with Crippen LogP contribution in [-0.4, -0.2) is 48.2 Å². The van der Waals surface area contributed by atoms with Gasteiger partial charge in [0.1, 0.15) is 0 Å². The number of ether oxygens (including phenoxy) is 1. The Morgan fingerprint density at radius 3 is 2.61 bits per heavy atom. The van der Waals surface area contributed by atoms with Gasteiger partial charge in [0.2, 0.25) is 5.95 Å². The van der Waals surface area contributed by atoms with E-state index in [1.807, 2.05) is 0 Å². The Labute approximate surface area is 105 Å². The topological polar surface area (TPSA) is 93.4 Å². The Kier molecular flexibility index (Phi) is 3.93. The predicted molar refractivity (Wildman–Crippen MR) is 66.4 cm³/mol. The van der Waals surface area contributed by atoms with Crippen molar-refractivity contribution in [2.24, 2.45) is 5.73 Å². The molecule has 1 aliphatic rings. The summed E-state index contributed by atoms with van der Waals surface area (Å²) in [4.78, 5) is 21.4. The molecule has 0 radical (unpaired) electrons. The van der Waals surface area contributed by atoms with Crippen LogP contribution in [0.2, 0.25) is 0 Å². The number of anilines is 1. The highest BCUT2D eigenvalue weighted by Crippen LogP contribution is 2.13. The second kappa shape index (κ2) is 5.63. The first-order chi connectivity index (χ1) is 8.66. The number of nitrogens with zero attached hydrogens (tertiary/aromatic N) is 3. The zero-order valence-electron chi connectivity index (χ0n) is 10.3. The molecule has 18 heavy (non-hydrogen) atoms. The van der Waals surface area contributed by atoms with Gasteiger partial charge in [0.05, 0.1) is 12.4 Å². The van der Waals surface area contributed by atoms with Crippen molar-refractivity contribution in [2.75, 3.05) is 31.1 Å². The lowest BCUT2D eigenvalue weighted by atomic mass is 10.4. The number of carbonyl (C=O) groups excluding carboxylic acids is 1. The number of nitrogens with one attached hydrogen (secondary N) is 1. The Balaban J connectivity index is 1.98. The Bertz CT molecular complexity index is 402. The fourth-order valence-corrected chi connectivity index (χ4v) is 1.66. The molecule has 0 aliphatic carbocycles. The zero-order valence-corrected chi connectivity index (χ0v) is 10.3. The van der Waals surface area contributed by atoms with E-state index in [4.69, 9.17) is 10.5 Å². The normalized spacial score (nSPS) is 17.3. The van der Waals surface area contributed by atoms with Crippen molar-refractivity contribution in [3.8, 4) is 5.75 Å². The summed E-state index contributed by atoms with van der Waals surface area (Å²) in [6.07, 6.45) is 2.44. The summed E-state index contributed by atoms with van der Waals surface area (Å²) in [5.41, 5.74) is 5.11. The Morgan fingerprint density at radius 1 is 1.44 bits per heavy atom. The molecule has 1 unspecified atom stereocenters. The highest BCUT2D eigenvalue weighted by molar-refractivity contribution is 5.78. The number of hydrogen-bond acceptors (Lipinski definition) is 6. The average Bonchev–Trinajstić information content (AvgIpc) is 2.40. The monoisotopic (exact) mass is 251 g/mol. The lowest BCUT2D eigenvalue weighted by Crippen LogP contribution is -2.44. The van der Waals surface area contributed by atoms with Crippen LogP contribution in [0, 0.1) is 0 Å². The quantitative estimate of drug-likeness (QED) is 0.723. The van der Waals surface area contributed by atoms with Gasteiger partial charge < -0.3 is 20.7 Å². The molecule has 1 saturated heterocycles. The van der Waals surface area contributed by atoms with Crippen LogP contribution in [0.1, 0.15) is 6.92 Å². The number of amides is 1. The molecule has 0 aromatic carbocycles. The molecule has 1 atom stereocenters. The summed E-state index contributed by atoms with van der Waals surface area (Å²) >= 11 is 0. The number of primary amides is 1. The van der Waals surface area contributed by atoms with Crippen LogP contribution in [-0.2, 0) is 4.79 Å². The average molecular weight is 251 g/mol. The first-order valence-electron chi connectivity index (χ1n) is 5.90. The van der Waals surface area contributed by atoms with Gasteiger partial charge in [-0.1, -0.05) is 0 Å². The maximum atomic E-state index is 10.9. The van der Waals surface area contributed by atoms with Crippen molar-refractivity contribution < 1.29 is 9.53 Å². The molecule has 7 heteroatoms. The Morgan fingerprint density at radius 2 is 2.06 bits per heavy atom. The minimum Gasteiger partial charge on any atom is -0.478 e. The first kappa shape index (κ1) is 12.6. The van der Waals surface area contributed by atoms with Gasteiger partial charge in [-0.3, -0.25) is 4.79 Å². The summed E-state index contributed by atoms with van der Waals surface area (Å²) < 4.78 is 5.29. The van der Waals surface area contributed by atoms with Crippen molar-refractivity contribution in [1.29, 1.82) is 0 Å². The van der Waals surface area contributed by atoms with Crippen LogP contribution < -0.4 is 20.7 Å². The summed E-state index contributed by atoms with van der Waals surface area (Å²) in [5.74, 6) is 0.608. The predicted octanol–water partition coefficient (Wildman–Crippen LogP) is -0.861. The SMILES string of the molecule is CC(Oc1cnc(N2CCNCC2)nc1)C(N)=O. The minimum absolute atomic E-state index is 0.445. The van der Waals surface area contributed by atoms with E-state index >= 15 is 0 Å². The van der Waals surface area contributed by atoms with Crippen LogP contribution in [0.5, 0.6) is 5.75 Å². The van der Waals surface area contributed by atoms with E-state index in [-0.39, 0.29) is 0 Å². The van der Waals surface area contributed by atoms with Gasteiger partial charge in [0.25, 0.3) is 5.91 Å². The van der Waals surface area contributed by atoms with Crippen molar-refractivity contribution in [3.05, 3.63) is 12.4 Å². The minimum atomic E-state index is -0.682. The van der Waals surface area contributed by atoms with Crippen LogP contribution in [0.3, 0.4) is 0 Å². The van der Waals surface area contributed by atoms with Crippen LogP contribution in [0.15, 0.2) is 12.4 Å². The molecule has 7 nitrogen and oxygen atoms in total. The van der Waals surface area contributed by atoms with Gasteiger partial charge in [-0.15, -0.1) is 0 Å². The molecule has 1 aliphatic heterocycles. The molecule has 0 saturated carbocycles. The number of carbonyl (C=O) groups is 1. The van der Waals surface area contributed by atoms with E-state index in [0.29, 0.717) is 11.7 Å². The molecule has 0 bridgehead atoms. The molecule has 1 aromatic heterocycles. The maximum Gasteiger partial charge on any atom is 0.258 e. The van der Waals surface area contributed by atoms with E-state index in [2.05, 4.69) is 20.2 Å². The third-order valence-electron chi connectivity index (χ3n) is 2.73. The number of nitrogens with two attached hydrogens (primary N) is 1. The molecular weight excluding hydrogens is 234 g/mol. The first-order valence-corrected chi connectivity index (χ1v) is 5.90. The fraction of sp³-hybridized carbons (Fsp3) is 0.545. The molecule has 0 spiro atoms. The molecule has 2 heterocycles. The number of aromatic nitrogens is 2. The highest BCUT2D eigenvalue weighted by atomic mass is 16.5. The van der Waals surface area contributed by atoms with Gasteiger partial charge in [0, 0.05) is 26.2 Å². The maximum absolute atomic E-state index is 10.9. The lowest BCUT2D eigenvalue weighted by molar-refractivity contribution is -0.123. The zero-order chi connectivity index (χ0) is 13.0. The second-order valence-electron chi connectivity index (χ2n) is 4.12. The van der Waals surface area contributed by atoms with Gasteiger partial charge in [-0.05, 0) is 6.92 Å². The summed E-state index contributed by atoms with van der Waals surface area (Å²) in [6, 6.07) is 0.